The zero-order valence-corrected chi connectivity index (χ0v) is 7.53. The molecule has 0 amide bonds. The van der Waals surface area contributed by atoms with E-state index in [1.54, 1.807) is 7.11 Å². The minimum atomic E-state index is 0.0724. The summed E-state index contributed by atoms with van der Waals surface area (Å²) in [5.41, 5.74) is 0.0724. The zero-order valence-electron chi connectivity index (χ0n) is 7.53. The molecule has 0 aromatic rings. The van der Waals surface area contributed by atoms with Crippen LogP contribution < -0.4 is 5.32 Å². The molecule has 62 valence electrons. The Kier molecular flexibility index (Phi) is 4.65. The van der Waals surface area contributed by atoms with Crippen molar-refractivity contribution in [3.05, 3.63) is 0 Å². The van der Waals surface area contributed by atoms with Crippen molar-refractivity contribution in [1.82, 2.24) is 5.32 Å². The van der Waals surface area contributed by atoms with Crippen LogP contribution in [-0.4, -0.2) is 26.3 Å². The second-order valence-electron chi connectivity index (χ2n) is 2.86. The van der Waals surface area contributed by atoms with Crippen molar-refractivity contribution in [1.29, 1.82) is 0 Å². The largest absolute Gasteiger partial charge is 0.378 e. The number of ether oxygens (including phenoxy) is 1. The molecule has 0 aliphatic rings. The smallest absolute Gasteiger partial charge is 0.0660 e. The summed E-state index contributed by atoms with van der Waals surface area (Å²) in [5, 5.41) is 3.11. The lowest BCUT2D eigenvalue weighted by molar-refractivity contribution is -0.00343. The van der Waals surface area contributed by atoms with Crippen LogP contribution in [-0.2, 0) is 4.74 Å². The Morgan fingerprint density at radius 1 is 1.50 bits per heavy atom. The van der Waals surface area contributed by atoms with Gasteiger partial charge < -0.3 is 10.1 Å². The summed E-state index contributed by atoms with van der Waals surface area (Å²) in [6, 6.07) is 0. The van der Waals surface area contributed by atoms with Gasteiger partial charge in [-0.25, -0.2) is 0 Å². The minimum absolute atomic E-state index is 0.0724. The molecule has 0 aromatic heterocycles. The van der Waals surface area contributed by atoms with Gasteiger partial charge in [0, 0.05) is 7.11 Å². The maximum Gasteiger partial charge on any atom is 0.0660 e. The van der Waals surface area contributed by atoms with E-state index < -0.39 is 0 Å². The van der Waals surface area contributed by atoms with Gasteiger partial charge >= 0.3 is 0 Å². The Labute approximate surface area is 64.0 Å². The molecule has 0 rings (SSSR count). The van der Waals surface area contributed by atoms with Crippen molar-refractivity contribution in [2.24, 2.45) is 0 Å². The van der Waals surface area contributed by atoms with Crippen molar-refractivity contribution in [2.45, 2.75) is 32.3 Å². The van der Waals surface area contributed by atoms with Gasteiger partial charge in [0.2, 0.25) is 0 Å². The molecular formula is C8H19NO. The molecule has 10 heavy (non-hydrogen) atoms. The molecule has 0 aliphatic carbocycles. The van der Waals surface area contributed by atoms with Crippen LogP contribution in [0.3, 0.4) is 0 Å². The Morgan fingerprint density at radius 3 is 2.40 bits per heavy atom. The van der Waals surface area contributed by atoms with Gasteiger partial charge in [-0.3, -0.25) is 0 Å². The van der Waals surface area contributed by atoms with Crippen LogP contribution in [0, 0.1) is 0 Å². The maximum atomic E-state index is 5.35. The van der Waals surface area contributed by atoms with E-state index in [2.05, 4.69) is 19.2 Å². The van der Waals surface area contributed by atoms with Crippen LogP contribution in [0.2, 0.25) is 0 Å². The summed E-state index contributed by atoms with van der Waals surface area (Å²) < 4.78 is 5.35. The number of nitrogens with one attached hydrogen (secondary N) is 1. The van der Waals surface area contributed by atoms with Gasteiger partial charge in [0.25, 0.3) is 0 Å². The maximum absolute atomic E-state index is 5.35. The summed E-state index contributed by atoms with van der Waals surface area (Å²) in [6.07, 6.45) is 2.15. The van der Waals surface area contributed by atoms with Crippen LogP contribution >= 0.6 is 0 Å². The van der Waals surface area contributed by atoms with E-state index in [0.29, 0.717) is 0 Å². The summed E-state index contributed by atoms with van der Waals surface area (Å²) in [7, 11) is 3.74. The van der Waals surface area contributed by atoms with Gasteiger partial charge in [-0.15, -0.1) is 0 Å². The molecule has 2 nitrogen and oxygen atoms in total. The highest BCUT2D eigenvalue weighted by molar-refractivity contribution is 4.72. The van der Waals surface area contributed by atoms with Crippen molar-refractivity contribution in [3.8, 4) is 0 Å². The third-order valence-electron chi connectivity index (χ3n) is 2.14. The van der Waals surface area contributed by atoms with Crippen LogP contribution in [0.15, 0.2) is 0 Å². The molecule has 0 bridgehead atoms. The summed E-state index contributed by atoms with van der Waals surface area (Å²) in [6.45, 7) is 5.32. The first-order chi connectivity index (χ1) is 4.68. The number of methoxy groups -OCH3 is 1. The summed E-state index contributed by atoms with van der Waals surface area (Å²) in [4.78, 5) is 0. The molecule has 1 atom stereocenters. The van der Waals surface area contributed by atoms with Gasteiger partial charge in [-0.1, -0.05) is 6.92 Å². The SMILES string of the molecule is CCC(C)(CCNC)OC. The second-order valence-corrected chi connectivity index (χ2v) is 2.86. The number of hydrogen-bond donors (Lipinski definition) is 1. The first-order valence-electron chi connectivity index (χ1n) is 3.88. The topological polar surface area (TPSA) is 21.3 Å². The van der Waals surface area contributed by atoms with E-state index >= 15 is 0 Å². The molecule has 2 heteroatoms. The number of hydrogen-bond acceptors (Lipinski definition) is 2. The van der Waals surface area contributed by atoms with E-state index in [1.807, 2.05) is 7.05 Å². The normalized spacial score (nSPS) is 16.8. The monoisotopic (exact) mass is 145 g/mol. The van der Waals surface area contributed by atoms with E-state index in [1.165, 1.54) is 0 Å². The van der Waals surface area contributed by atoms with Crippen LogP contribution in [0.4, 0.5) is 0 Å². The molecule has 0 heterocycles. The van der Waals surface area contributed by atoms with E-state index in [0.717, 1.165) is 19.4 Å². The van der Waals surface area contributed by atoms with E-state index in [-0.39, 0.29) is 5.60 Å². The van der Waals surface area contributed by atoms with Gasteiger partial charge in [0.05, 0.1) is 5.60 Å². The minimum Gasteiger partial charge on any atom is -0.378 e. The van der Waals surface area contributed by atoms with Gasteiger partial charge in [0.15, 0.2) is 0 Å². The predicted octanol–water partition coefficient (Wildman–Crippen LogP) is 1.41. The van der Waals surface area contributed by atoms with Gasteiger partial charge in [-0.05, 0) is 33.4 Å². The fraction of sp³-hybridized carbons (Fsp3) is 1.00. The van der Waals surface area contributed by atoms with Crippen LogP contribution in [0.1, 0.15) is 26.7 Å². The van der Waals surface area contributed by atoms with Crippen molar-refractivity contribution < 1.29 is 4.74 Å². The summed E-state index contributed by atoms with van der Waals surface area (Å²) >= 11 is 0. The lowest BCUT2D eigenvalue weighted by atomic mass is 9.99. The van der Waals surface area contributed by atoms with Gasteiger partial charge in [-0.2, -0.15) is 0 Å². The lowest BCUT2D eigenvalue weighted by Gasteiger charge is -2.26. The van der Waals surface area contributed by atoms with Crippen molar-refractivity contribution >= 4 is 0 Å². The Bertz CT molecular complexity index is 79.3. The average molecular weight is 145 g/mol. The fourth-order valence-corrected chi connectivity index (χ4v) is 0.813. The highest BCUT2D eigenvalue weighted by Crippen LogP contribution is 2.17. The highest BCUT2D eigenvalue weighted by atomic mass is 16.5. The van der Waals surface area contributed by atoms with Crippen molar-refractivity contribution in [2.75, 3.05) is 20.7 Å². The van der Waals surface area contributed by atoms with Crippen LogP contribution in [0.5, 0.6) is 0 Å². The lowest BCUT2D eigenvalue weighted by Crippen LogP contribution is -2.30. The first kappa shape index (κ1) is 9.92. The quantitative estimate of drug-likeness (QED) is 0.631. The summed E-state index contributed by atoms with van der Waals surface area (Å²) in [5.74, 6) is 0. The third-order valence-corrected chi connectivity index (χ3v) is 2.14. The molecule has 0 saturated carbocycles. The molecule has 0 aliphatic heterocycles. The van der Waals surface area contributed by atoms with E-state index in [4.69, 9.17) is 4.74 Å². The average Bonchev–Trinajstić information content (AvgIpc) is 2.00. The molecule has 0 aromatic carbocycles. The third kappa shape index (κ3) is 3.18. The van der Waals surface area contributed by atoms with Gasteiger partial charge in [0.1, 0.15) is 0 Å². The first-order valence-corrected chi connectivity index (χ1v) is 3.88. The molecule has 0 radical (unpaired) electrons. The molecular weight excluding hydrogens is 126 g/mol. The predicted molar refractivity (Wildman–Crippen MR) is 44.2 cm³/mol. The van der Waals surface area contributed by atoms with Crippen LogP contribution in [0.25, 0.3) is 0 Å². The highest BCUT2D eigenvalue weighted by Gasteiger charge is 2.19. The second kappa shape index (κ2) is 4.69. The fourth-order valence-electron chi connectivity index (χ4n) is 0.813. The molecule has 1 N–H and O–H groups in total. The Balaban J connectivity index is 3.58. The van der Waals surface area contributed by atoms with E-state index in [9.17, 15) is 0 Å². The van der Waals surface area contributed by atoms with Crippen molar-refractivity contribution in [3.63, 3.8) is 0 Å². The standard InChI is InChI=1S/C8H19NO/c1-5-8(2,10-4)6-7-9-3/h9H,5-7H2,1-4H3. The Morgan fingerprint density at radius 2 is 2.10 bits per heavy atom. The molecule has 1 unspecified atom stereocenters. The zero-order chi connectivity index (χ0) is 8.04. The Hall–Kier alpha value is -0.0800. The molecule has 0 spiro atoms. The molecule has 0 fully saturated rings. The number of rotatable bonds is 5. The molecule has 0 saturated heterocycles.